The topological polar surface area (TPSA) is 58.4 Å². The van der Waals surface area contributed by atoms with Crippen LogP contribution in [0.4, 0.5) is 5.69 Å². The van der Waals surface area contributed by atoms with Crippen LogP contribution in [0.2, 0.25) is 0 Å². The Kier molecular flexibility index (Phi) is 6.92. The average molecular weight is 450 g/mol. The molecule has 168 valence electrons. The van der Waals surface area contributed by atoms with E-state index >= 15 is 0 Å². The van der Waals surface area contributed by atoms with Crippen LogP contribution in [-0.2, 0) is 5.41 Å². The lowest BCUT2D eigenvalue weighted by molar-refractivity contribution is 0.102. The quantitative estimate of drug-likeness (QED) is 0.488. The molecule has 1 aromatic carbocycles. The van der Waals surface area contributed by atoms with Crippen LogP contribution in [0.1, 0.15) is 66.4 Å². The van der Waals surface area contributed by atoms with Crippen LogP contribution < -0.4 is 5.32 Å². The van der Waals surface area contributed by atoms with Crippen molar-refractivity contribution >= 4 is 29.0 Å². The molecular weight excluding hydrogens is 418 g/mol. The lowest BCUT2D eigenvalue weighted by Crippen LogP contribution is -2.33. The first-order valence-electron chi connectivity index (χ1n) is 11.2. The molecule has 0 aliphatic carbocycles. The van der Waals surface area contributed by atoms with Crippen molar-refractivity contribution in [3.63, 3.8) is 0 Å². The SMILES string of the molecule is CC(C)(C)c1ccccc1NC(=O)c1csc(C2CCN(CC=Cc3ccco3)CC2)n1. The summed E-state index contributed by atoms with van der Waals surface area (Å²) < 4.78 is 5.33. The molecular formula is C26H31N3O2S. The minimum absolute atomic E-state index is 0.0434. The summed E-state index contributed by atoms with van der Waals surface area (Å²) in [7, 11) is 0. The molecule has 6 heteroatoms. The van der Waals surface area contributed by atoms with Crippen molar-refractivity contribution in [2.24, 2.45) is 0 Å². The number of likely N-dealkylation sites (tertiary alicyclic amines) is 1. The van der Waals surface area contributed by atoms with Crippen molar-refractivity contribution in [1.82, 2.24) is 9.88 Å². The number of carbonyl (C=O) groups excluding carboxylic acids is 1. The highest BCUT2D eigenvalue weighted by molar-refractivity contribution is 7.10. The van der Waals surface area contributed by atoms with E-state index in [9.17, 15) is 4.79 Å². The Hall–Kier alpha value is -2.70. The Balaban J connectivity index is 1.32. The number of hydrogen-bond donors (Lipinski definition) is 1. The number of hydrogen-bond acceptors (Lipinski definition) is 5. The van der Waals surface area contributed by atoms with Gasteiger partial charge in [-0.2, -0.15) is 0 Å². The average Bonchev–Trinajstić information content (AvgIpc) is 3.46. The van der Waals surface area contributed by atoms with Crippen LogP contribution in [-0.4, -0.2) is 35.4 Å². The van der Waals surface area contributed by atoms with Crippen LogP contribution in [0, 0.1) is 0 Å². The van der Waals surface area contributed by atoms with Crippen LogP contribution in [0.15, 0.2) is 58.5 Å². The minimum atomic E-state index is -0.135. The van der Waals surface area contributed by atoms with Gasteiger partial charge in [0.1, 0.15) is 11.5 Å². The van der Waals surface area contributed by atoms with Gasteiger partial charge in [-0.3, -0.25) is 9.69 Å². The molecule has 0 atom stereocenters. The molecule has 1 fully saturated rings. The zero-order valence-electron chi connectivity index (χ0n) is 19.0. The fourth-order valence-electron chi connectivity index (χ4n) is 4.08. The molecule has 2 aromatic heterocycles. The number of thiazole rings is 1. The standard InChI is InChI=1S/C26H31N3O2S/c1-26(2,3)21-10-4-5-11-22(21)27-24(30)23-18-32-25(28-23)19-12-15-29(16-13-19)14-6-8-20-9-7-17-31-20/h4-11,17-19H,12-16H2,1-3H3,(H,27,30). The van der Waals surface area contributed by atoms with Gasteiger partial charge in [-0.15, -0.1) is 11.3 Å². The molecule has 0 bridgehead atoms. The number of anilines is 1. The number of rotatable bonds is 6. The maximum atomic E-state index is 12.9. The summed E-state index contributed by atoms with van der Waals surface area (Å²) in [5.41, 5.74) is 2.45. The van der Waals surface area contributed by atoms with E-state index in [1.807, 2.05) is 41.8 Å². The van der Waals surface area contributed by atoms with Crippen molar-refractivity contribution in [3.8, 4) is 0 Å². The second kappa shape index (κ2) is 9.84. The molecule has 0 unspecified atom stereocenters. The zero-order chi connectivity index (χ0) is 22.6. The van der Waals surface area contributed by atoms with Gasteiger partial charge in [0.05, 0.1) is 11.3 Å². The maximum absolute atomic E-state index is 12.9. The van der Waals surface area contributed by atoms with Crippen molar-refractivity contribution in [1.29, 1.82) is 0 Å². The number of nitrogens with one attached hydrogen (secondary N) is 1. The number of nitrogens with zero attached hydrogens (tertiary/aromatic N) is 2. The number of amides is 1. The first-order chi connectivity index (χ1) is 15.4. The van der Waals surface area contributed by atoms with E-state index in [0.717, 1.165) is 54.5 Å². The third-order valence-electron chi connectivity index (χ3n) is 5.86. The van der Waals surface area contributed by atoms with E-state index in [1.54, 1.807) is 17.6 Å². The number of aromatic nitrogens is 1. The Morgan fingerprint density at radius 3 is 2.72 bits per heavy atom. The van der Waals surface area contributed by atoms with Crippen LogP contribution in [0.25, 0.3) is 6.08 Å². The van der Waals surface area contributed by atoms with Crippen LogP contribution in [0.3, 0.4) is 0 Å². The lowest BCUT2D eigenvalue weighted by Gasteiger charge is -2.30. The molecule has 0 saturated carbocycles. The molecule has 0 radical (unpaired) electrons. The third-order valence-corrected chi connectivity index (χ3v) is 6.87. The maximum Gasteiger partial charge on any atom is 0.275 e. The van der Waals surface area contributed by atoms with Crippen LogP contribution >= 0.6 is 11.3 Å². The van der Waals surface area contributed by atoms with Gasteiger partial charge in [0.25, 0.3) is 5.91 Å². The molecule has 0 spiro atoms. The van der Waals surface area contributed by atoms with Gasteiger partial charge in [0, 0.05) is 23.5 Å². The van der Waals surface area contributed by atoms with E-state index in [0.29, 0.717) is 11.6 Å². The fraction of sp³-hybridized carbons (Fsp3) is 0.385. The van der Waals surface area contributed by atoms with E-state index in [1.165, 1.54) is 0 Å². The largest absolute Gasteiger partial charge is 0.465 e. The van der Waals surface area contributed by atoms with Gasteiger partial charge in [-0.1, -0.05) is 45.0 Å². The molecule has 3 aromatic rings. The third kappa shape index (κ3) is 5.56. The summed E-state index contributed by atoms with van der Waals surface area (Å²) in [6.45, 7) is 9.45. The Labute approximate surface area is 194 Å². The second-order valence-electron chi connectivity index (χ2n) is 9.31. The molecule has 1 aliphatic heterocycles. The van der Waals surface area contributed by atoms with Crippen LogP contribution in [0.5, 0.6) is 0 Å². The molecule has 1 saturated heterocycles. The summed E-state index contributed by atoms with van der Waals surface area (Å²) in [5, 5.41) is 6.04. The Morgan fingerprint density at radius 1 is 1.22 bits per heavy atom. The number of furan rings is 1. The predicted molar refractivity (Wildman–Crippen MR) is 131 cm³/mol. The summed E-state index contributed by atoms with van der Waals surface area (Å²) in [5.74, 6) is 1.18. The number of benzene rings is 1. The normalized spacial score (nSPS) is 16.0. The molecule has 1 N–H and O–H groups in total. The smallest absolute Gasteiger partial charge is 0.275 e. The highest BCUT2D eigenvalue weighted by atomic mass is 32.1. The summed E-state index contributed by atoms with van der Waals surface area (Å²) in [4.78, 5) is 20.0. The number of para-hydroxylation sites is 1. The number of carbonyl (C=O) groups is 1. The molecule has 4 rings (SSSR count). The van der Waals surface area contributed by atoms with E-state index in [2.05, 4.69) is 43.1 Å². The molecule has 3 heterocycles. The molecule has 32 heavy (non-hydrogen) atoms. The first kappa shape index (κ1) is 22.5. The second-order valence-corrected chi connectivity index (χ2v) is 10.2. The van der Waals surface area contributed by atoms with E-state index < -0.39 is 0 Å². The fourth-order valence-corrected chi connectivity index (χ4v) is 5.05. The summed E-state index contributed by atoms with van der Waals surface area (Å²) in [6, 6.07) is 11.9. The minimum Gasteiger partial charge on any atom is -0.465 e. The number of piperidine rings is 1. The van der Waals surface area contributed by atoms with Gasteiger partial charge in [-0.05, 0) is 61.2 Å². The predicted octanol–water partition coefficient (Wildman–Crippen LogP) is 6.18. The van der Waals surface area contributed by atoms with Crippen molar-refractivity contribution in [2.45, 2.75) is 44.9 Å². The van der Waals surface area contributed by atoms with Gasteiger partial charge in [-0.25, -0.2) is 4.98 Å². The van der Waals surface area contributed by atoms with Gasteiger partial charge in [0.15, 0.2) is 0 Å². The van der Waals surface area contributed by atoms with Crippen molar-refractivity contribution < 1.29 is 9.21 Å². The molecule has 5 nitrogen and oxygen atoms in total. The lowest BCUT2D eigenvalue weighted by atomic mass is 9.86. The van der Waals surface area contributed by atoms with Gasteiger partial charge < -0.3 is 9.73 Å². The van der Waals surface area contributed by atoms with Gasteiger partial charge >= 0.3 is 0 Å². The van der Waals surface area contributed by atoms with E-state index in [-0.39, 0.29) is 11.3 Å². The molecule has 1 aliphatic rings. The monoisotopic (exact) mass is 449 g/mol. The zero-order valence-corrected chi connectivity index (χ0v) is 19.8. The highest BCUT2D eigenvalue weighted by Gasteiger charge is 2.24. The van der Waals surface area contributed by atoms with E-state index in [4.69, 9.17) is 9.40 Å². The van der Waals surface area contributed by atoms with Crippen molar-refractivity contribution in [3.05, 3.63) is 76.1 Å². The van der Waals surface area contributed by atoms with Crippen molar-refractivity contribution in [2.75, 3.05) is 25.0 Å². The Morgan fingerprint density at radius 2 is 2.00 bits per heavy atom. The van der Waals surface area contributed by atoms with Gasteiger partial charge in [0.2, 0.25) is 0 Å². The first-order valence-corrected chi connectivity index (χ1v) is 12.1. The highest BCUT2D eigenvalue weighted by Crippen LogP contribution is 2.32. The summed E-state index contributed by atoms with van der Waals surface area (Å²) in [6.07, 6.45) is 8.00. The molecule has 1 amide bonds. The Bertz CT molecular complexity index is 1050. The summed E-state index contributed by atoms with van der Waals surface area (Å²) >= 11 is 1.61.